The predicted octanol–water partition coefficient (Wildman–Crippen LogP) is 4.67. The Morgan fingerprint density at radius 1 is 1.14 bits per heavy atom. The number of aliphatic imine (C=N–C) groups is 1. The van der Waals surface area contributed by atoms with Crippen LogP contribution in [0.2, 0.25) is 0 Å². The van der Waals surface area contributed by atoms with Gasteiger partial charge in [0, 0.05) is 30.6 Å². The molecule has 2 aromatic rings. The first-order valence-electron chi connectivity index (χ1n) is 11.7. The van der Waals surface area contributed by atoms with E-state index < -0.39 is 6.04 Å². The van der Waals surface area contributed by atoms with Crippen molar-refractivity contribution in [2.24, 2.45) is 4.99 Å². The van der Waals surface area contributed by atoms with Gasteiger partial charge in [0.25, 0.3) is 0 Å². The van der Waals surface area contributed by atoms with Crippen molar-refractivity contribution in [1.82, 2.24) is 15.2 Å². The highest BCUT2D eigenvalue weighted by Crippen LogP contribution is 2.45. The highest BCUT2D eigenvalue weighted by Gasteiger charge is 2.41. The zero-order chi connectivity index (χ0) is 24.9. The molecule has 1 amide bonds. The molecule has 1 atom stereocenters. The molecular weight excluding hydrogens is 460 g/mol. The van der Waals surface area contributed by atoms with Crippen molar-refractivity contribution in [3.63, 3.8) is 0 Å². The minimum absolute atomic E-state index is 0.0878. The number of hydrogen-bond donors (Lipinski definition) is 1. The van der Waals surface area contributed by atoms with E-state index in [4.69, 9.17) is 9.73 Å². The SMILES string of the molecule is CC1=C(C(=O)OC(C)C)C(c2ccccc2C)N2C(CC(=O)NCCc3ccccn3)=CSC2=N1. The van der Waals surface area contributed by atoms with Gasteiger partial charge in [-0.05, 0) is 56.4 Å². The van der Waals surface area contributed by atoms with Crippen molar-refractivity contribution in [3.05, 3.63) is 87.9 Å². The number of carbonyl (C=O) groups is 2. The number of hydrogen-bond acceptors (Lipinski definition) is 7. The van der Waals surface area contributed by atoms with E-state index in [0.29, 0.717) is 24.2 Å². The van der Waals surface area contributed by atoms with E-state index in [1.807, 2.05) is 80.5 Å². The van der Waals surface area contributed by atoms with Crippen LogP contribution in [0.3, 0.4) is 0 Å². The Kier molecular flexibility index (Phi) is 7.70. The fourth-order valence-electron chi connectivity index (χ4n) is 4.20. The second-order valence-corrected chi connectivity index (χ2v) is 9.64. The maximum atomic E-state index is 13.2. The van der Waals surface area contributed by atoms with Crippen molar-refractivity contribution in [2.75, 3.05) is 6.54 Å². The van der Waals surface area contributed by atoms with Crippen LogP contribution in [0.25, 0.3) is 0 Å². The van der Waals surface area contributed by atoms with Crippen molar-refractivity contribution >= 4 is 28.8 Å². The van der Waals surface area contributed by atoms with Gasteiger partial charge in [-0.1, -0.05) is 42.1 Å². The molecule has 1 aromatic carbocycles. The average molecular weight is 491 g/mol. The molecule has 8 heteroatoms. The molecule has 0 radical (unpaired) electrons. The molecule has 4 rings (SSSR count). The highest BCUT2D eigenvalue weighted by molar-refractivity contribution is 8.16. The van der Waals surface area contributed by atoms with Crippen molar-refractivity contribution in [2.45, 2.75) is 52.7 Å². The number of nitrogens with one attached hydrogen (secondary N) is 1. The lowest BCUT2D eigenvalue weighted by atomic mass is 9.91. The zero-order valence-electron chi connectivity index (χ0n) is 20.4. The number of rotatable bonds is 8. The van der Waals surface area contributed by atoms with Gasteiger partial charge in [0.15, 0.2) is 5.17 Å². The first-order chi connectivity index (χ1) is 16.8. The molecule has 182 valence electrons. The van der Waals surface area contributed by atoms with Gasteiger partial charge in [-0.2, -0.15) is 0 Å². The quantitative estimate of drug-likeness (QED) is 0.542. The van der Waals surface area contributed by atoms with Gasteiger partial charge in [-0.3, -0.25) is 9.78 Å². The molecule has 35 heavy (non-hydrogen) atoms. The molecule has 1 N–H and O–H groups in total. The number of aryl methyl sites for hydroxylation is 1. The molecule has 0 aliphatic carbocycles. The largest absolute Gasteiger partial charge is 0.459 e. The smallest absolute Gasteiger partial charge is 0.338 e. The van der Waals surface area contributed by atoms with Gasteiger partial charge in [0.2, 0.25) is 5.91 Å². The molecule has 0 bridgehead atoms. The fourth-order valence-corrected chi connectivity index (χ4v) is 5.16. The standard InChI is InChI=1S/C27H30N4O3S/c1-17(2)34-26(33)24-19(4)30-27-31(25(24)22-11-6-5-9-18(22)3)21(16-35-27)15-23(32)29-14-12-20-10-7-8-13-28-20/h5-11,13,16-17,25H,12,14-15H2,1-4H3,(H,29,32). The van der Waals surface area contributed by atoms with Gasteiger partial charge >= 0.3 is 5.97 Å². The van der Waals surface area contributed by atoms with E-state index >= 15 is 0 Å². The number of benzene rings is 1. The monoisotopic (exact) mass is 490 g/mol. The molecule has 0 saturated carbocycles. The minimum Gasteiger partial charge on any atom is -0.459 e. The number of esters is 1. The molecule has 3 heterocycles. The lowest BCUT2D eigenvalue weighted by Crippen LogP contribution is -2.38. The molecule has 0 saturated heterocycles. The second kappa shape index (κ2) is 10.9. The van der Waals surface area contributed by atoms with Crippen LogP contribution >= 0.6 is 11.8 Å². The van der Waals surface area contributed by atoms with Crippen LogP contribution < -0.4 is 5.32 Å². The van der Waals surface area contributed by atoms with Crippen LogP contribution in [-0.4, -0.2) is 39.6 Å². The van der Waals surface area contributed by atoms with Crippen LogP contribution in [0, 0.1) is 6.92 Å². The lowest BCUT2D eigenvalue weighted by molar-refractivity contribution is -0.143. The molecule has 1 aromatic heterocycles. The Labute approximate surface area is 210 Å². The maximum absolute atomic E-state index is 13.2. The van der Waals surface area contributed by atoms with E-state index in [1.54, 1.807) is 6.20 Å². The highest BCUT2D eigenvalue weighted by atomic mass is 32.2. The summed E-state index contributed by atoms with van der Waals surface area (Å²) in [6, 6.07) is 13.3. The third-order valence-electron chi connectivity index (χ3n) is 5.82. The number of allylic oxidation sites excluding steroid dienone is 1. The first-order valence-corrected chi connectivity index (χ1v) is 12.6. The van der Waals surface area contributed by atoms with E-state index in [9.17, 15) is 9.59 Å². The number of aromatic nitrogens is 1. The number of nitrogens with zero attached hydrogens (tertiary/aromatic N) is 3. The summed E-state index contributed by atoms with van der Waals surface area (Å²) in [5, 5.41) is 5.70. The lowest BCUT2D eigenvalue weighted by Gasteiger charge is -2.37. The second-order valence-electron chi connectivity index (χ2n) is 8.80. The molecule has 2 aliphatic heterocycles. The van der Waals surface area contributed by atoms with Gasteiger partial charge in [-0.25, -0.2) is 9.79 Å². The summed E-state index contributed by atoms with van der Waals surface area (Å²) in [6.45, 7) is 8.04. The molecule has 2 aliphatic rings. The maximum Gasteiger partial charge on any atom is 0.338 e. The average Bonchev–Trinajstić information content (AvgIpc) is 3.20. The van der Waals surface area contributed by atoms with Crippen molar-refractivity contribution in [1.29, 1.82) is 0 Å². The van der Waals surface area contributed by atoms with E-state index in [0.717, 1.165) is 27.7 Å². The number of fused-ring (bicyclic) bond motifs is 1. The van der Waals surface area contributed by atoms with Crippen LogP contribution in [0.15, 0.2) is 76.0 Å². The Morgan fingerprint density at radius 3 is 2.63 bits per heavy atom. The van der Waals surface area contributed by atoms with Gasteiger partial charge in [0.05, 0.1) is 29.8 Å². The Bertz CT molecular complexity index is 1200. The summed E-state index contributed by atoms with van der Waals surface area (Å²) in [5.41, 5.74) is 4.91. The fraction of sp³-hybridized carbons (Fsp3) is 0.333. The van der Waals surface area contributed by atoms with Crippen LogP contribution in [-0.2, 0) is 20.7 Å². The molecular formula is C27H30N4O3S. The van der Waals surface area contributed by atoms with Gasteiger partial charge in [-0.15, -0.1) is 0 Å². The van der Waals surface area contributed by atoms with Crippen LogP contribution in [0.4, 0.5) is 0 Å². The van der Waals surface area contributed by atoms with Crippen molar-refractivity contribution in [3.8, 4) is 0 Å². The molecule has 1 unspecified atom stereocenters. The number of amides is 1. The molecule has 0 fully saturated rings. The predicted molar refractivity (Wildman–Crippen MR) is 138 cm³/mol. The number of ether oxygens (including phenoxy) is 1. The van der Waals surface area contributed by atoms with Crippen LogP contribution in [0.5, 0.6) is 0 Å². The Hall–Kier alpha value is -3.39. The third kappa shape index (κ3) is 5.65. The number of carbonyl (C=O) groups excluding carboxylic acids is 2. The number of amidine groups is 1. The number of thioether (sulfide) groups is 1. The molecule has 0 spiro atoms. The minimum atomic E-state index is -0.419. The summed E-state index contributed by atoms with van der Waals surface area (Å²) in [7, 11) is 0. The normalized spacial score (nSPS) is 17.2. The molecule has 7 nitrogen and oxygen atoms in total. The van der Waals surface area contributed by atoms with Gasteiger partial charge < -0.3 is 15.0 Å². The van der Waals surface area contributed by atoms with E-state index in [2.05, 4.69) is 10.3 Å². The van der Waals surface area contributed by atoms with Gasteiger partial charge in [0.1, 0.15) is 0 Å². The summed E-state index contributed by atoms with van der Waals surface area (Å²) < 4.78 is 5.61. The summed E-state index contributed by atoms with van der Waals surface area (Å²) in [5.74, 6) is -0.472. The zero-order valence-corrected chi connectivity index (χ0v) is 21.3. The van der Waals surface area contributed by atoms with Crippen LogP contribution in [0.1, 0.15) is 50.1 Å². The Balaban J connectivity index is 1.57. The van der Waals surface area contributed by atoms with E-state index in [1.165, 1.54) is 11.8 Å². The summed E-state index contributed by atoms with van der Waals surface area (Å²) in [6.07, 6.45) is 2.34. The summed E-state index contributed by atoms with van der Waals surface area (Å²) in [4.78, 5) is 37.1. The third-order valence-corrected chi connectivity index (χ3v) is 6.71. The Morgan fingerprint density at radius 2 is 1.91 bits per heavy atom. The van der Waals surface area contributed by atoms with Crippen molar-refractivity contribution < 1.29 is 14.3 Å². The first kappa shape index (κ1) is 24.7. The topological polar surface area (TPSA) is 83.9 Å². The number of pyridine rings is 1. The van der Waals surface area contributed by atoms with E-state index in [-0.39, 0.29) is 24.4 Å². The summed E-state index contributed by atoms with van der Waals surface area (Å²) >= 11 is 1.47.